The Hall–Kier alpha value is -1.41. The van der Waals surface area contributed by atoms with Crippen molar-refractivity contribution in [1.29, 1.82) is 0 Å². The van der Waals surface area contributed by atoms with Gasteiger partial charge in [0.1, 0.15) is 7.05 Å². The molecule has 21 heavy (non-hydrogen) atoms. The molecule has 2 aliphatic heterocycles. The predicted octanol–water partition coefficient (Wildman–Crippen LogP) is 3.49. The molecule has 0 N–H and O–H groups in total. The smallest absolute Gasteiger partial charge is 0.201 e. The molecule has 2 aromatic rings. The van der Waals surface area contributed by atoms with Crippen LogP contribution >= 0.6 is 0 Å². The lowest BCUT2D eigenvalue weighted by molar-refractivity contribution is -0.660. The van der Waals surface area contributed by atoms with E-state index in [1.54, 1.807) is 17.7 Å². The number of aryl methyl sites for hydroxylation is 3. The van der Waals surface area contributed by atoms with Crippen molar-refractivity contribution < 1.29 is 4.57 Å². The SMILES string of the molecule is Cc1cc2c(cc1-c1cccc[n+]1C)CC[Si]21CCCC1. The van der Waals surface area contributed by atoms with Crippen molar-refractivity contribution in [3.05, 3.63) is 47.7 Å². The van der Waals surface area contributed by atoms with E-state index >= 15 is 0 Å². The molecular weight excluding hydrogens is 270 g/mol. The molecule has 0 unspecified atom stereocenters. The number of fused-ring (bicyclic) bond motifs is 2. The van der Waals surface area contributed by atoms with Crippen molar-refractivity contribution in [3.8, 4) is 11.3 Å². The quantitative estimate of drug-likeness (QED) is 0.560. The van der Waals surface area contributed by atoms with E-state index in [4.69, 9.17) is 0 Å². The highest BCUT2D eigenvalue weighted by atomic mass is 28.3. The summed E-state index contributed by atoms with van der Waals surface area (Å²) in [5.74, 6) is 0. The summed E-state index contributed by atoms with van der Waals surface area (Å²) < 4.78 is 2.24. The molecule has 1 nitrogen and oxygen atoms in total. The maximum atomic E-state index is 2.57. The molecule has 2 aliphatic rings. The zero-order valence-electron chi connectivity index (χ0n) is 13.2. The van der Waals surface area contributed by atoms with Crippen molar-refractivity contribution in [1.82, 2.24) is 0 Å². The fourth-order valence-electron chi connectivity index (χ4n) is 4.61. The van der Waals surface area contributed by atoms with E-state index in [0.717, 1.165) is 0 Å². The largest absolute Gasteiger partial charge is 0.212 e. The third-order valence-electron chi connectivity index (χ3n) is 5.79. The Morgan fingerprint density at radius 2 is 1.86 bits per heavy atom. The normalized spacial score (nSPS) is 19.1. The number of pyridine rings is 1. The third-order valence-corrected chi connectivity index (χ3v) is 11.2. The van der Waals surface area contributed by atoms with Crippen LogP contribution in [-0.4, -0.2) is 8.07 Å². The van der Waals surface area contributed by atoms with Crippen molar-refractivity contribution in [2.45, 2.75) is 44.3 Å². The lowest BCUT2D eigenvalue weighted by Gasteiger charge is -2.22. The van der Waals surface area contributed by atoms with Gasteiger partial charge in [-0.15, -0.1) is 0 Å². The van der Waals surface area contributed by atoms with Gasteiger partial charge >= 0.3 is 0 Å². The summed E-state index contributed by atoms with van der Waals surface area (Å²) in [4.78, 5) is 0. The summed E-state index contributed by atoms with van der Waals surface area (Å²) in [6.07, 6.45) is 6.46. The van der Waals surface area contributed by atoms with Crippen molar-refractivity contribution >= 4 is 13.3 Å². The Morgan fingerprint density at radius 3 is 2.62 bits per heavy atom. The maximum Gasteiger partial charge on any atom is 0.212 e. The van der Waals surface area contributed by atoms with E-state index < -0.39 is 8.07 Å². The molecule has 0 aliphatic carbocycles. The number of benzene rings is 1. The first-order valence-electron chi connectivity index (χ1n) is 8.29. The molecule has 1 saturated heterocycles. The highest BCUT2D eigenvalue weighted by Crippen LogP contribution is 2.40. The molecule has 0 radical (unpaired) electrons. The Bertz CT molecular complexity index is 699. The number of hydrogen-bond acceptors (Lipinski definition) is 0. The molecule has 0 atom stereocenters. The summed E-state index contributed by atoms with van der Waals surface area (Å²) in [7, 11) is 1.08. The van der Waals surface area contributed by atoms with Gasteiger partial charge < -0.3 is 0 Å². The average Bonchev–Trinajstić information content (AvgIpc) is 3.09. The number of rotatable bonds is 1. The zero-order chi connectivity index (χ0) is 14.4. The van der Waals surface area contributed by atoms with Crippen LogP contribution in [0, 0.1) is 6.92 Å². The number of hydrogen-bond donors (Lipinski definition) is 0. The standard InChI is InChI=1S/C19H24NSi/c1-15-13-19-16(8-12-21(19)10-5-6-11-21)14-17(15)18-7-3-4-9-20(18)2/h3-4,7,9,13-14H,5-6,8,10-12H2,1-2H3/q+1. The summed E-state index contributed by atoms with van der Waals surface area (Å²) in [6, 6.07) is 16.2. The zero-order valence-corrected chi connectivity index (χ0v) is 14.2. The molecular formula is C19H24NSi+. The second kappa shape index (κ2) is 4.81. The first-order chi connectivity index (χ1) is 10.2. The van der Waals surface area contributed by atoms with Gasteiger partial charge in [0.05, 0.1) is 8.07 Å². The highest BCUT2D eigenvalue weighted by Gasteiger charge is 2.43. The molecule has 0 amide bonds. The molecule has 0 saturated carbocycles. The molecule has 4 rings (SSSR count). The summed E-state index contributed by atoms with van der Waals surface area (Å²) in [5.41, 5.74) is 5.91. The van der Waals surface area contributed by atoms with Crippen LogP contribution in [0.25, 0.3) is 11.3 Å². The third kappa shape index (κ3) is 2.00. The van der Waals surface area contributed by atoms with Crippen LogP contribution < -0.4 is 9.75 Å². The summed E-state index contributed by atoms with van der Waals surface area (Å²) in [5, 5.41) is 1.82. The van der Waals surface area contributed by atoms with Gasteiger partial charge in [-0.05, 0) is 42.6 Å². The number of nitrogens with zero attached hydrogens (tertiary/aromatic N) is 1. The van der Waals surface area contributed by atoms with E-state index in [2.05, 4.69) is 55.1 Å². The van der Waals surface area contributed by atoms with Gasteiger partial charge in [0.15, 0.2) is 6.20 Å². The lowest BCUT2D eigenvalue weighted by Crippen LogP contribution is -2.41. The van der Waals surface area contributed by atoms with Gasteiger partial charge in [0.2, 0.25) is 5.69 Å². The van der Waals surface area contributed by atoms with Gasteiger partial charge in [0.25, 0.3) is 0 Å². The van der Waals surface area contributed by atoms with Gasteiger partial charge in [0, 0.05) is 17.7 Å². The minimum absolute atomic E-state index is 1.07. The van der Waals surface area contributed by atoms with Gasteiger partial charge in [-0.3, -0.25) is 0 Å². The van der Waals surface area contributed by atoms with E-state index in [1.165, 1.54) is 42.1 Å². The summed E-state index contributed by atoms with van der Waals surface area (Å²) >= 11 is 0. The fourth-order valence-corrected chi connectivity index (χ4v) is 10.2. The Balaban J connectivity index is 1.85. The van der Waals surface area contributed by atoms with E-state index in [1.807, 2.05) is 5.19 Å². The first kappa shape index (κ1) is 13.3. The fraction of sp³-hybridized carbons (Fsp3) is 0.421. The van der Waals surface area contributed by atoms with Crippen LogP contribution in [-0.2, 0) is 13.5 Å². The molecule has 1 aromatic carbocycles. The van der Waals surface area contributed by atoms with E-state index in [9.17, 15) is 0 Å². The maximum absolute atomic E-state index is 2.57. The van der Waals surface area contributed by atoms with E-state index in [-0.39, 0.29) is 0 Å². The second-order valence-corrected chi connectivity index (χ2v) is 11.6. The van der Waals surface area contributed by atoms with Crippen LogP contribution in [0.5, 0.6) is 0 Å². The molecule has 3 heterocycles. The Kier molecular flexibility index (Phi) is 3.04. The van der Waals surface area contributed by atoms with Crippen molar-refractivity contribution in [2.24, 2.45) is 7.05 Å². The van der Waals surface area contributed by atoms with Gasteiger partial charge in [-0.2, -0.15) is 0 Å². The Morgan fingerprint density at radius 1 is 1.05 bits per heavy atom. The van der Waals surface area contributed by atoms with Crippen LogP contribution in [0.1, 0.15) is 24.0 Å². The van der Waals surface area contributed by atoms with Gasteiger partial charge in [-0.25, -0.2) is 4.57 Å². The minimum Gasteiger partial charge on any atom is -0.201 e. The Labute approximate surface area is 128 Å². The van der Waals surface area contributed by atoms with Gasteiger partial charge in [-0.1, -0.05) is 36.2 Å². The van der Waals surface area contributed by atoms with Crippen LogP contribution in [0.3, 0.4) is 0 Å². The monoisotopic (exact) mass is 294 g/mol. The summed E-state index contributed by atoms with van der Waals surface area (Å²) in [6.45, 7) is 2.30. The molecule has 108 valence electrons. The minimum atomic E-state index is -1.07. The molecule has 2 heteroatoms. The molecule has 1 aromatic heterocycles. The second-order valence-electron chi connectivity index (χ2n) is 7.01. The molecule has 1 fully saturated rings. The first-order valence-corrected chi connectivity index (χ1v) is 10.9. The lowest BCUT2D eigenvalue weighted by atomic mass is 10.0. The van der Waals surface area contributed by atoms with Crippen molar-refractivity contribution in [2.75, 3.05) is 0 Å². The van der Waals surface area contributed by atoms with E-state index in [0.29, 0.717) is 0 Å². The van der Waals surface area contributed by atoms with Crippen LogP contribution in [0.4, 0.5) is 0 Å². The van der Waals surface area contributed by atoms with Crippen LogP contribution in [0.2, 0.25) is 18.1 Å². The highest BCUT2D eigenvalue weighted by molar-refractivity contribution is 6.93. The molecule has 1 spiro atoms. The topological polar surface area (TPSA) is 3.88 Å². The predicted molar refractivity (Wildman–Crippen MR) is 90.5 cm³/mol. The van der Waals surface area contributed by atoms with Crippen molar-refractivity contribution in [3.63, 3.8) is 0 Å². The average molecular weight is 294 g/mol. The van der Waals surface area contributed by atoms with Crippen LogP contribution in [0.15, 0.2) is 36.5 Å². The number of aromatic nitrogens is 1. The molecule has 0 bridgehead atoms.